The highest BCUT2D eigenvalue weighted by Gasteiger charge is 2.63. The fraction of sp³-hybridized carbons (Fsp3) is 0.500. The summed E-state index contributed by atoms with van der Waals surface area (Å²) in [7, 11) is 0. The second-order valence-electron chi connectivity index (χ2n) is 6.97. The largest absolute Gasteiger partial charge is 0.294 e. The minimum absolute atomic E-state index is 0.110. The van der Waals surface area contributed by atoms with Crippen LogP contribution in [0.15, 0.2) is 47.6 Å². The van der Waals surface area contributed by atoms with Gasteiger partial charge in [-0.1, -0.05) is 51.2 Å². The van der Waals surface area contributed by atoms with E-state index in [1.54, 1.807) is 0 Å². The highest BCUT2D eigenvalue weighted by Crippen LogP contribution is 2.65. The van der Waals surface area contributed by atoms with Gasteiger partial charge in [0.05, 0.1) is 0 Å². The maximum atomic E-state index is 12.7. The van der Waals surface area contributed by atoms with Crippen LogP contribution in [0.3, 0.4) is 0 Å². The van der Waals surface area contributed by atoms with Gasteiger partial charge in [-0.3, -0.25) is 4.79 Å². The Bertz CT molecular complexity index is 556. The van der Waals surface area contributed by atoms with Crippen molar-refractivity contribution in [3.63, 3.8) is 0 Å². The molecule has 0 aromatic heterocycles. The summed E-state index contributed by atoms with van der Waals surface area (Å²) < 4.78 is 0. The van der Waals surface area contributed by atoms with Gasteiger partial charge in [0.25, 0.3) is 0 Å². The van der Waals surface area contributed by atoms with Crippen molar-refractivity contribution in [3.8, 4) is 0 Å². The lowest BCUT2D eigenvalue weighted by molar-refractivity contribution is -0.125. The number of hydrogen-bond acceptors (Lipinski definition) is 1. The quantitative estimate of drug-likeness (QED) is 0.635. The van der Waals surface area contributed by atoms with Gasteiger partial charge in [0.15, 0.2) is 5.78 Å². The molecule has 0 radical (unpaired) electrons. The third-order valence-electron chi connectivity index (χ3n) is 5.80. The van der Waals surface area contributed by atoms with E-state index in [-0.39, 0.29) is 10.8 Å². The van der Waals surface area contributed by atoms with Crippen LogP contribution in [0.5, 0.6) is 0 Å². The molecule has 19 heavy (non-hydrogen) atoms. The summed E-state index contributed by atoms with van der Waals surface area (Å²) in [5, 5.41) is 0. The summed E-state index contributed by atoms with van der Waals surface area (Å²) in [5.74, 6) is 0.817. The highest BCUT2D eigenvalue weighted by atomic mass is 16.1. The zero-order chi connectivity index (χ0) is 13.8. The topological polar surface area (TPSA) is 17.1 Å². The molecule has 2 bridgehead atoms. The van der Waals surface area contributed by atoms with E-state index in [9.17, 15) is 4.79 Å². The molecule has 100 valence electrons. The lowest BCUT2D eigenvalue weighted by Gasteiger charge is -2.31. The van der Waals surface area contributed by atoms with Crippen molar-refractivity contribution >= 4 is 5.78 Å². The zero-order valence-corrected chi connectivity index (χ0v) is 12.1. The zero-order valence-electron chi connectivity index (χ0n) is 12.1. The normalized spacial score (nSPS) is 38.2. The monoisotopic (exact) mass is 254 g/mol. The van der Waals surface area contributed by atoms with Crippen LogP contribution in [0.1, 0.15) is 40.0 Å². The minimum Gasteiger partial charge on any atom is -0.294 e. The maximum Gasteiger partial charge on any atom is 0.165 e. The smallest absolute Gasteiger partial charge is 0.165 e. The lowest BCUT2D eigenvalue weighted by atomic mass is 9.70. The van der Waals surface area contributed by atoms with Gasteiger partial charge in [-0.25, -0.2) is 0 Å². The van der Waals surface area contributed by atoms with Gasteiger partial charge in [-0.15, -0.1) is 0 Å². The molecule has 0 spiro atoms. The van der Waals surface area contributed by atoms with Crippen LogP contribution >= 0.6 is 0 Å². The number of carbonyl (C=O) groups is 1. The van der Waals surface area contributed by atoms with Crippen molar-refractivity contribution in [2.75, 3.05) is 0 Å². The number of carbonyl (C=O) groups excluding carboxylic acids is 1. The van der Waals surface area contributed by atoms with E-state index in [0.29, 0.717) is 11.7 Å². The van der Waals surface area contributed by atoms with E-state index in [2.05, 4.69) is 51.7 Å². The molecule has 1 heteroatoms. The molecule has 0 aliphatic heterocycles. The molecule has 0 aromatic carbocycles. The molecule has 0 amide bonds. The molecule has 1 nitrogen and oxygen atoms in total. The molecule has 2 saturated carbocycles. The van der Waals surface area contributed by atoms with E-state index in [4.69, 9.17) is 0 Å². The van der Waals surface area contributed by atoms with Crippen molar-refractivity contribution in [3.05, 3.63) is 47.6 Å². The predicted molar refractivity (Wildman–Crippen MR) is 78.7 cm³/mol. The predicted octanol–water partition coefficient (Wildman–Crippen LogP) is 4.38. The summed E-state index contributed by atoms with van der Waals surface area (Å²) in [4.78, 5) is 12.7. The van der Waals surface area contributed by atoms with Crippen molar-refractivity contribution in [1.82, 2.24) is 0 Å². The first-order valence-corrected chi connectivity index (χ1v) is 7.19. The van der Waals surface area contributed by atoms with Crippen LogP contribution in [0.4, 0.5) is 0 Å². The Morgan fingerprint density at radius 3 is 2.58 bits per heavy atom. The van der Waals surface area contributed by atoms with Gasteiger partial charge in [0.2, 0.25) is 0 Å². The van der Waals surface area contributed by atoms with Gasteiger partial charge in [0, 0.05) is 5.41 Å². The van der Waals surface area contributed by atoms with Crippen molar-refractivity contribution < 1.29 is 4.79 Å². The highest BCUT2D eigenvalue weighted by molar-refractivity contribution is 6.05. The van der Waals surface area contributed by atoms with Crippen molar-refractivity contribution in [2.45, 2.75) is 40.0 Å². The first-order valence-electron chi connectivity index (χ1n) is 7.19. The summed E-state index contributed by atoms with van der Waals surface area (Å²) in [6.45, 7) is 10.6. The molecule has 2 unspecified atom stereocenters. The number of Topliss-reactive ketones (excluding diaryl/α,β-unsaturated/α-hetero) is 1. The Balaban J connectivity index is 1.98. The van der Waals surface area contributed by atoms with Gasteiger partial charge in [-0.05, 0) is 47.8 Å². The summed E-state index contributed by atoms with van der Waals surface area (Å²) in [6.07, 6.45) is 11.5. The van der Waals surface area contributed by atoms with Crippen LogP contribution < -0.4 is 0 Å². The maximum absolute atomic E-state index is 12.7. The lowest BCUT2D eigenvalue weighted by Crippen LogP contribution is -2.32. The number of fused-ring (bicyclic) bond motifs is 2. The molecule has 0 saturated heterocycles. The van der Waals surface area contributed by atoms with E-state index < -0.39 is 0 Å². The Morgan fingerprint density at radius 1 is 1.32 bits per heavy atom. The number of rotatable bonds is 1. The average molecular weight is 254 g/mol. The fourth-order valence-electron chi connectivity index (χ4n) is 3.98. The molecule has 0 aromatic rings. The molecular formula is C18H22O. The molecule has 0 N–H and O–H groups in total. The van der Waals surface area contributed by atoms with E-state index in [1.165, 1.54) is 5.57 Å². The van der Waals surface area contributed by atoms with Gasteiger partial charge >= 0.3 is 0 Å². The van der Waals surface area contributed by atoms with Crippen molar-refractivity contribution in [2.24, 2.45) is 16.7 Å². The molecule has 3 aliphatic carbocycles. The van der Waals surface area contributed by atoms with Crippen LogP contribution in [0.25, 0.3) is 0 Å². The van der Waals surface area contributed by atoms with E-state index >= 15 is 0 Å². The standard InChI is InChI=1S/C18H22O/c1-12-5-7-13(8-6-12)11-14-15-9-10-18(4,16(14)19)17(15,2)3/h5,7-8,11,15H,1,6,9-10H2,2-4H3. The molecule has 3 rings (SSSR count). The second-order valence-corrected chi connectivity index (χ2v) is 6.97. The van der Waals surface area contributed by atoms with Gasteiger partial charge in [0.1, 0.15) is 0 Å². The number of allylic oxidation sites excluding steroid dienone is 7. The molecule has 2 fully saturated rings. The molecule has 0 heterocycles. The summed E-state index contributed by atoms with van der Waals surface area (Å²) in [6, 6.07) is 0. The Morgan fingerprint density at radius 2 is 2.05 bits per heavy atom. The van der Waals surface area contributed by atoms with Gasteiger partial charge in [-0.2, -0.15) is 0 Å². The Hall–Kier alpha value is -1.37. The SMILES string of the molecule is C=C1C=CC(C=C2C(=O)C3(C)CCC2C3(C)C)=CC1. The first kappa shape index (κ1) is 12.7. The average Bonchev–Trinajstić information content (AvgIpc) is 2.66. The van der Waals surface area contributed by atoms with Crippen LogP contribution in [0.2, 0.25) is 0 Å². The van der Waals surface area contributed by atoms with Crippen LogP contribution in [0, 0.1) is 16.7 Å². The fourth-order valence-corrected chi connectivity index (χ4v) is 3.98. The summed E-state index contributed by atoms with van der Waals surface area (Å²) >= 11 is 0. The number of ketones is 1. The van der Waals surface area contributed by atoms with Crippen LogP contribution in [-0.4, -0.2) is 5.78 Å². The molecular weight excluding hydrogens is 232 g/mol. The summed E-state index contributed by atoms with van der Waals surface area (Å²) in [5.41, 5.74) is 3.32. The third kappa shape index (κ3) is 1.57. The van der Waals surface area contributed by atoms with Gasteiger partial charge < -0.3 is 0 Å². The van der Waals surface area contributed by atoms with Crippen LogP contribution in [-0.2, 0) is 4.79 Å². The van der Waals surface area contributed by atoms with Crippen molar-refractivity contribution in [1.29, 1.82) is 0 Å². The Kier molecular flexibility index (Phi) is 2.54. The van der Waals surface area contributed by atoms with E-state index in [1.807, 2.05) is 0 Å². The Labute approximate surface area is 115 Å². The molecule has 3 aliphatic rings. The second kappa shape index (κ2) is 3.82. The minimum atomic E-state index is -0.147. The van der Waals surface area contributed by atoms with E-state index in [0.717, 1.165) is 30.4 Å². The molecule has 2 atom stereocenters. The number of hydrogen-bond donors (Lipinski definition) is 0. The third-order valence-corrected chi connectivity index (χ3v) is 5.80. The first-order chi connectivity index (χ1) is 8.86.